The number of nitrogens with one attached hydrogen (secondary N) is 1. The molecule has 1 aromatic heterocycles. The van der Waals surface area contributed by atoms with Crippen LogP contribution in [0.4, 0.5) is 5.00 Å². The minimum atomic E-state index is -0.354. The van der Waals surface area contributed by atoms with Crippen molar-refractivity contribution in [2.45, 2.75) is 65.2 Å². The van der Waals surface area contributed by atoms with Gasteiger partial charge in [-0.25, -0.2) is 4.79 Å². The Hall–Kier alpha value is -2.34. The molecule has 2 aromatic rings. The van der Waals surface area contributed by atoms with Crippen LogP contribution in [-0.2, 0) is 17.6 Å². The van der Waals surface area contributed by atoms with Gasteiger partial charge in [0.25, 0.3) is 5.91 Å². The molecule has 0 fully saturated rings. The number of esters is 1. The zero-order valence-corrected chi connectivity index (χ0v) is 18.7. The highest BCUT2D eigenvalue weighted by atomic mass is 32.1. The molecule has 1 aliphatic rings. The van der Waals surface area contributed by atoms with Gasteiger partial charge in [0, 0.05) is 4.88 Å². The number of para-hydroxylation sites is 1. The first kappa shape index (κ1) is 22.3. The second-order valence-corrected chi connectivity index (χ2v) is 8.60. The largest absolute Gasteiger partial charge is 0.493 e. The third kappa shape index (κ3) is 5.42. The van der Waals surface area contributed by atoms with Crippen molar-refractivity contribution in [3.63, 3.8) is 0 Å². The van der Waals surface area contributed by atoms with E-state index in [2.05, 4.69) is 12.2 Å². The van der Waals surface area contributed by atoms with Gasteiger partial charge < -0.3 is 14.8 Å². The number of ether oxygens (including phenoxy) is 2. The van der Waals surface area contributed by atoms with Gasteiger partial charge in [-0.2, -0.15) is 0 Å². The number of fused-ring (bicyclic) bond motifs is 1. The van der Waals surface area contributed by atoms with Gasteiger partial charge in [-0.05, 0) is 56.7 Å². The SMILES string of the molecule is CCCCCCOc1ccccc1C(=O)Nc1sc2c(c1C(=O)OCC)CCCC2. The summed E-state index contributed by atoms with van der Waals surface area (Å²) in [5.41, 5.74) is 2.05. The van der Waals surface area contributed by atoms with E-state index in [1.807, 2.05) is 18.2 Å². The monoisotopic (exact) mass is 429 g/mol. The van der Waals surface area contributed by atoms with E-state index in [9.17, 15) is 9.59 Å². The van der Waals surface area contributed by atoms with Crippen molar-refractivity contribution in [1.29, 1.82) is 0 Å². The Morgan fingerprint density at radius 2 is 1.87 bits per heavy atom. The molecule has 0 aliphatic heterocycles. The fourth-order valence-corrected chi connectivity index (χ4v) is 5.01. The fraction of sp³-hybridized carbons (Fsp3) is 0.500. The lowest BCUT2D eigenvalue weighted by Gasteiger charge is -2.13. The average molecular weight is 430 g/mol. The molecular formula is C24H31NO4S. The number of anilines is 1. The summed E-state index contributed by atoms with van der Waals surface area (Å²) in [6.07, 6.45) is 8.41. The number of rotatable bonds is 10. The third-order valence-electron chi connectivity index (χ3n) is 5.27. The number of benzene rings is 1. The van der Waals surface area contributed by atoms with Crippen molar-refractivity contribution in [2.24, 2.45) is 0 Å². The van der Waals surface area contributed by atoms with Gasteiger partial charge >= 0.3 is 5.97 Å². The van der Waals surface area contributed by atoms with Gasteiger partial charge in [-0.1, -0.05) is 38.3 Å². The molecule has 6 heteroatoms. The summed E-state index contributed by atoms with van der Waals surface area (Å²) < 4.78 is 11.2. The van der Waals surface area contributed by atoms with Crippen LogP contribution in [0.1, 0.15) is 83.5 Å². The second kappa shape index (κ2) is 11.2. The fourth-order valence-electron chi connectivity index (χ4n) is 3.73. The molecule has 0 unspecified atom stereocenters. The normalized spacial score (nSPS) is 12.9. The van der Waals surface area contributed by atoms with Gasteiger partial charge in [0.05, 0.1) is 24.3 Å². The Bertz CT molecular complexity index is 874. The molecule has 1 aliphatic carbocycles. The molecule has 0 radical (unpaired) electrons. The molecule has 162 valence electrons. The molecule has 0 saturated heterocycles. The summed E-state index contributed by atoms with van der Waals surface area (Å²) in [5.74, 6) is -0.0403. The highest BCUT2D eigenvalue weighted by Crippen LogP contribution is 2.39. The summed E-state index contributed by atoms with van der Waals surface area (Å²) >= 11 is 1.50. The predicted molar refractivity (Wildman–Crippen MR) is 121 cm³/mol. The summed E-state index contributed by atoms with van der Waals surface area (Å²) in [6, 6.07) is 7.27. The van der Waals surface area contributed by atoms with Crippen LogP contribution < -0.4 is 10.1 Å². The molecule has 1 heterocycles. The van der Waals surface area contributed by atoms with Crippen LogP contribution in [0.2, 0.25) is 0 Å². The van der Waals surface area contributed by atoms with Crippen molar-refractivity contribution < 1.29 is 19.1 Å². The van der Waals surface area contributed by atoms with Crippen molar-refractivity contribution >= 4 is 28.2 Å². The molecule has 5 nitrogen and oxygen atoms in total. The Labute approximate surface area is 182 Å². The molecule has 1 amide bonds. The van der Waals surface area contributed by atoms with E-state index < -0.39 is 0 Å². The maximum absolute atomic E-state index is 13.1. The average Bonchev–Trinajstić information content (AvgIpc) is 3.12. The Kier molecular flexibility index (Phi) is 8.31. The molecule has 1 N–H and O–H groups in total. The van der Waals surface area contributed by atoms with Crippen molar-refractivity contribution in [3.05, 3.63) is 45.8 Å². The lowest BCUT2D eigenvalue weighted by Crippen LogP contribution is -2.16. The minimum Gasteiger partial charge on any atom is -0.493 e. The maximum Gasteiger partial charge on any atom is 0.341 e. The Morgan fingerprint density at radius 1 is 1.07 bits per heavy atom. The van der Waals surface area contributed by atoms with Crippen LogP contribution in [-0.4, -0.2) is 25.1 Å². The van der Waals surface area contributed by atoms with Gasteiger partial charge in [0.2, 0.25) is 0 Å². The topological polar surface area (TPSA) is 64.6 Å². The van der Waals surface area contributed by atoms with E-state index in [4.69, 9.17) is 9.47 Å². The molecule has 30 heavy (non-hydrogen) atoms. The number of thiophene rings is 1. The minimum absolute atomic E-state index is 0.261. The maximum atomic E-state index is 13.1. The molecule has 0 saturated carbocycles. The summed E-state index contributed by atoms with van der Waals surface area (Å²) in [6.45, 7) is 4.87. The van der Waals surface area contributed by atoms with E-state index in [-0.39, 0.29) is 11.9 Å². The number of amides is 1. The van der Waals surface area contributed by atoms with Crippen LogP contribution in [0.25, 0.3) is 0 Å². The Morgan fingerprint density at radius 3 is 2.67 bits per heavy atom. The molecular weight excluding hydrogens is 398 g/mol. The summed E-state index contributed by atoms with van der Waals surface area (Å²) in [7, 11) is 0. The van der Waals surface area contributed by atoms with E-state index in [1.54, 1.807) is 13.0 Å². The molecule has 3 rings (SSSR count). The van der Waals surface area contributed by atoms with Crippen molar-refractivity contribution in [1.82, 2.24) is 0 Å². The molecule has 1 aromatic carbocycles. The number of hydrogen-bond donors (Lipinski definition) is 1. The number of carbonyl (C=O) groups excluding carboxylic acids is 2. The lowest BCUT2D eigenvalue weighted by atomic mass is 9.95. The first-order chi connectivity index (χ1) is 14.7. The van der Waals surface area contributed by atoms with E-state index in [1.165, 1.54) is 29.1 Å². The van der Waals surface area contributed by atoms with Crippen LogP contribution >= 0.6 is 11.3 Å². The van der Waals surface area contributed by atoms with Crippen molar-refractivity contribution in [2.75, 3.05) is 18.5 Å². The number of unbranched alkanes of at least 4 members (excludes halogenated alkanes) is 3. The number of carbonyl (C=O) groups is 2. The predicted octanol–water partition coefficient (Wildman–Crippen LogP) is 6.02. The first-order valence-corrected chi connectivity index (χ1v) is 11.8. The van der Waals surface area contributed by atoms with Crippen LogP contribution in [0.15, 0.2) is 24.3 Å². The van der Waals surface area contributed by atoms with Gasteiger partial charge in [-0.3, -0.25) is 4.79 Å². The van der Waals surface area contributed by atoms with Crippen LogP contribution in [0.5, 0.6) is 5.75 Å². The third-order valence-corrected chi connectivity index (χ3v) is 6.47. The quantitative estimate of drug-likeness (QED) is 0.371. The summed E-state index contributed by atoms with van der Waals surface area (Å²) in [4.78, 5) is 26.9. The van der Waals surface area contributed by atoms with Gasteiger partial charge in [-0.15, -0.1) is 11.3 Å². The van der Waals surface area contributed by atoms with Crippen molar-refractivity contribution in [3.8, 4) is 5.75 Å². The lowest BCUT2D eigenvalue weighted by molar-refractivity contribution is 0.0526. The van der Waals surface area contributed by atoms with E-state index in [0.29, 0.717) is 35.1 Å². The van der Waals surface area contributed by atoms with Crippen LogP contribution in [0.3, 0.4) is 0 Å². The van der Waals surface area contributed by atoms with E-state index in [0.717, 1.165) is 44.1 Å². The molecule has 0 bridgehead atoms. The Balaban J connectivity index is 1.78. The highest BCUT2D eigenvalue weighted by molar-refractivity contribution is 7.17. The van der Waals surface area contributed by atoms with Gasteiger partial charge in [0.1, 0.15) is 10.8 Å². The zero-order valence-electron chi connectivity index (χ0n) is 17.9. The number of hydrogen-bond acceptors (Lipinski definition) is 5. The molecule has 0 spiro atoms. The first-order valence-electron chi connectivity index (χ1n) is 11.0. The smallest absolute Gasteiger partial charge is 0.341 e. The van der Waals surface area contributed by atoms with E-state index >= 15 is 0 Å². The molecule has 0 atom stereocenters. The van der Waals surface area contributed by atoms with Crippen LogP contribution in [0, 0.1) is 0 Å². The second-order valence-electron chi connectivity index (χ2n) is 7.49. The summed E-state index contributed by atoms with van der Waals surface area (Å²) in [5, 5.41) is 3.56. The highest BCUT2D eigenvalue weighted by Gasteiger charge is 2.27. The standard InChI is InChI=1S/C24H31NO4S/c1-3-5-6-11-16-29-19-14-9-7-12-17(19)22(26)25-23-21(24(27)28-4-2)18-13-8-10-15-20(18)30-23/h7,9,12,14H,3-6,8,10-11,13,15-16H2,1-2H3,(H,25,26). The zero-order chi connectivity index (χ0) is 21.3. The van der Waals surface area contributed by atoms with Gasteiger partial charge in [0.15, 0.2) is 0 Å². The number of aryl methyl sites for hydroxylation is 1.